The predicted molar refractivity (Wildman–Crippen MR) is 134 cm³/mol. The van der Waals surface area contributed by atoms with Gasteiger partial charge in [-0.05, 0) is 48.6 Å². The highest BCUT2D eigenvalue weighted by Crippen LogP contribution is 2.46. The summed E-state index contributed by atoms with van der Waals surface area (Å²) in [6.07, 6.45) is 3.43. The second kappa shape index (κ2) is 8.23. The molecule has 34 heavy (non-hydrogen) atoms. The number of carbonyl (C=O) groups is 2. The summed E-state index contributed by atoms with van der Waals surface area (Å²) in [6.45, 7) is 0. The zero-order valence-corrected chi connectivity index (χ0v) is 19.0. The van der Waals surface area contributed by atoms with E-state index in [1.165, 1.54) is 11.3 Å². The first-order valence-corrected chi connectivity index (χ1v) is 12.1. The van der Waals surface area contributed by atoms with Crippen molar-refractivity contribution in [2.45, 2.75) is 31.4 Å². The standard InChI is InChI=1S/C26H22N4O3S/c31-20-11-5-10-18(20)28-24(32)23-22-21-19(12-13-27-25(21)34-23)30(26(33)29-22)17-9-4-8-16(14-17)15-6-2-1-3-7-15/h1-4,6-9,12-14,18,20,31H,5,10-11H2,(H,28,32)(H,29,33)/t18-,20?/m1/s1. The average Bonchev–Trinajstić information content (AvgIpc) is 3.44. The van der Waals surface area contributed by atoms with Gasteiger partial charge in [0.1, 0.15) is 9.71 Å². The molecule has 6 rings (SSSR count). The van der Waals surface area contributed by atoms with E-state index in [4.69, 9.17) is 0 Å². The minimum Gasteiger partial charge on any atom is -0.391 e. The fraction of sp³-hybridized carbons (Fsp3) is 0.192. The number of nitrogens with one attached hydrogen (secondary N) is 2. The van der Waals surface area contributed by atoms with E-state index in [0.29, 0.717) is 27.5 Å². The van der Waals surface area contributed by atoms with Crippen molar-refractivity contribution in [3.05, 3.63) is 71.7 Å². The number of rotatable bonds is 4. The number of thiophene rings is 1. The molecule has 1 aliphatic carbocycles. The summed E-state index contributed by atoms with van der Waals surface area (Å²) in [4.78, 5) is 33.6. The third-order valence-corrected chi connectivity index (χ3v) is 7.56. The number of aliphatic hydroxyl groups is 1. The van der Waals surface area contributed by atoms with E-state index in [1.54, 1.807) is 17.2 Å². The molecule has 7 nitrogen and oxygen atoms in total. The van der Waals surface area contributed by atoms with Crippen LogP contribution in [0.4, 0.5) is 21.9 Å². The zero-order valence-electron chi connectivity index (χ0n) is 18.2. The lowest BCUT2D eigenvalue weighted by molar-refractivity contribution is 0.0878. The summed E-state index contributed by atoms with van der Waals surface area (Å²) in [5, 5.41) is 16.7. The summed E-state index contributed by atoms with van der Waals surface area (Å²) >= 11 is 1.25. The van der Waals surface area contributed by atoms with Crippen LogP contribution in [0.2, 0.25) is 0 Å². The van der Waals surface area contributed by atoms with Gasteiger partial charge in [0.25, 0.3) is 5.91 Å². The third kappa shape index (κ3) is 3.43. The van der Waals surface area contributed by atoms with Crippen LogP contribution in [0.15, 0.2) is 66.9 Å². The molecule has 3 heterocycles. The second-order valence-corrected chi connectivity index (χ2v) is 9.58. The Hall–Kier alpha value is -3.75. The van der Waals surface area contributed by atoms with Crippen LogP contribution in [-0.2, 0) is 0 Å². The molecule has 3 amide bonds. The molecule has 0 saturated heterocycles. The number of carbonyl (C=O) groups excluding carboxylic acids is 2. The molecule has 3 N–H and O–H groups in total. The van der Waals surface area contributed by atoms with Gasteiger partial charge in [-0.15, -0.1) is 11.3 Å². The molecule has 2 aliphatic rings. The van der Waals surface area contributed by atoms with Gasteiger partial charge in [-0.25, -0.2) is 9.78 Å². The topological polar surface area (TPSA) is 94.6 Å². The van der Waals surface area contributed by atoms with E-state index < -0.39 is 6.10 Å². The quantitative estimate of drug-likeness (QED) is 0.378. The Balaban J connectivity index is 1.41. The van der Waals surface area contributed by atoms with Gasteiger partial charge in [0.15, 0.2) is 0 Å². The molecule has 2 atom stereocenters. The number of hydrogen-bond acceptors (Lipinski definition) is 5. The molecular weight excluding hydrogens is 448 g/mol. The van der Waals surface area contributed by atoms with E-state index in [9.17, 15) is 14.7 Å². The number of aliphatic hydroxyl groups excluding tert-OH is 1. The smallest absolute Gasteiger partial charge is 0.331 e. The van der Waals surface area contributed by atoms with E-state index in [2.05, 4.69) is 15.6 Å². The molecule has 0 radical (unpaired) electrons. The fourth-order valence-corrected chi connectivity index (χ4v) is 5.82. The SMILES string of the molecule is O=C(N[C@@H]1CCCC1O)c1sc2nccc3c2c1NC(=O)N3c1cccc(-c2ccccc2)c1. The Bertz CT molecular complexity index is 1420. The van der Waals surface area contributed by atoms with Crippen LogP contribution in [-0.4, -0.2) is 34.2 Å². The molecule has 4 aromatic rings. The minimum atomic E-state index is -0.537. The molecular formula is C26H22N4O3S. The van der Waals surface area contributed by atoms with E-state index in [-0.39, 0.29) is 18.0 Å². The largest absolute Gasteiger partial charge is 0.391 e. The van der Waals surface area contributed by atoms with Crippen molar-refractivity contribution in [2.75, 3.05) is 10.2 Å². The van der Waals surface area contributed by atoms with Gasteiger partial charge in [0.2, 0.25) is 0 Å². The number of hydrogen-bond donors (Lipinski definition) is 3. The van der Waals surface area contributed by atoms with E-state index >= 15 is 0 Å². The fourth-order valence-electron chi connectivity index (χ4n) is 4.80. The summed E-state index contributed by atoms with van der Waals surface area (Å²) in [5.41, 5.74) is 3.95. The maximum atomic E-state index is 13.3. The lowest BCUT2D eigenvalue weighted by Crippen LogP contribution is -2.40. The van der Waals surface area contributed by atoms with Crippen LogP contribution in [0.5, 0.6) is 0 Å². The van der Waals surface area contributed by atoms with Crippen LogP contribution < -0.4 is 15.5 Å². The Morgan fingerprint density at radius 3 is 2.71 bits per heavy atom. The number of urea groups is 1. The normalized spacial score (nSPS) is 19.3. The summed E-state index contributed by atoms with van der Waals surface area (Å²) in [7, 11) is 0. The van der Waals surface area contributed by atoms with Crippen LogP contribution in [0.25, 0.3) is 21.3 Å². The number of amides is 3. The average molecular weight is 471 g/mol. The molecule has 2 aromatic carbocycles. The highest BCUT2D eigenvalue weighted by Gasteiger charge is 2.34. The molecule has 2 aromatic heterocycles. The molecule has 0 bridgehead atoms. The van der Waals surface area contributed by atoms with Gasteiger partial charge < -0.3 is 15.7 Å². The van der Waals surface area contributed by atoms with Gasteiger partial charge in [0.05, 0.1) is 34.6 Å². The first-order chi connectivity index (χ1) is 16.6. The van der Waals surface area contributed by atoms with Crippen molar-refractivity contribution >= 4 is 50.6 Å². The van der Waals surface area contributed by atoms with Gasteiger partial charge in [0, 0.05) is 6.20 Å². The number of anilines is 3. The number of benzene rings is 2. The highest BCUT2D eigenvalue weighted by atomic mass is 32.1. The molecule has 1 saturated carbocycles. The van der Waals surface area contributed by atoms with Crippen molar-refractivity contribution in [3.8, 4) is 11.1 Å². The van der Waals surface area contributed by atoms with Gasteiger partial charge in [-0.3, -0.25) is 9.69 Å². The number of nitrogens with zero attached hydrogens (tertiary/aromatic N) is 2. The maximum Gasteiger partial charge on any atom is 0.331 e. The number of pyridine rings is 1. The molecule has 1 fully saturated rings. The van der Waals surface area contributed by atoms with E-state index in [0.717, 1.165) is 35.0 Å². The summed E-state index contributed by atoms with van der Waals surface area (Å²) in [6, 6.07) is 19.0. The van der Waals surface area contributed by atoms with Crippen LogP contribution in [0, 0.1) is 0 Å². The summed E-state index contributed by atoms with van der Waals surface area (Å²) < 4.78 is 0. The molecule has 8 heteroatoms. The van der Waals surface area contributed by atoms with Crippen molar-refractivity contribution in [1.29, 1.82) is 0 Å². The lowest BCUT2D eigenvalue weighted by Gasteiger charge is -2.28. The molecule has 1 aliphatic heterocycles. The Morgan fingerprint density at radius 2 is 1.91 bits per heavy atom. The van der Waals surface area contributed by atoms with Crippen molar-refractivity contribution in [1.82, 2.24) is 10.3 Å². The number of aromatic nitrogens is 1. The third-order valence-electron chi connectivity index (χ3n) is 6.46. The van der Waals surface area contributed by atoms with Gasteiger partial charge >= 0.3 is 6.03 Å². The van der Waals surface area contributed by atoms with Crippen molar-refractivity contribution in [3.63, 3.8) is 0 Å². The predicted octanol–water partition coefficient (Wildman–Crippen LogP) is 5.29. The molecule has 0 spiro atoms. The highest BCUT2D eigenvalue weighted by molar-refractivity contribution is 7.21. The minimum absolute atomic E-state index is 0.270. The van der Waals surface area contributed by atoms with Crippen LogP contribution >= 0.6 is 11.3 Å². The maximum absolute atomic E-state index is 13.3. The van der Waals surface area contributed by atoms with Crippen molar-refractivity contribution in [2.24, 2.45) is 0 Å². The second-order valence-electron chi connectivity index (χ2n) is 8.58. The Morgan fingerprint density at radius 1 is 1.09 bits per heavy atom. The van der Waals surface area contributed by atoms with Gasteiger partial charge in [-0.2, -0.15) is 0 Å². The Kier molecular flexibility index (Phi) is 5.04. The van der Waals surface area contributed by atoms with Crippen LogP contribution in [0.3, 0.4) is 0 Å². The van der Waals surface area contributed by atoms with Crippen LogP contribution in [0.1, 0.15) is 28.9 Å². The first-order valence-electron chi connectivity index (χ1n) is 11.3. The summed E-state index contributed by atoms with van der Waals surface area (Å²) in [5.74, 6) is -0.297. The lowest BCUT2D eigenvalue weighted by atomic mass is 10.0. The zero-order chi connectivity index (χ0) is 23.2. The molecule has 1 unspecified atom stereocenters. The van der Waals surface area contributed by atoms with E-state index in [1.807, 2.05) is 54.6 Å². The first kappa shape index (κ1) is 20.8. The monoisotopic (exact) mass is 470 g/mol. The van der Waals surface area contributed by atoms with Crippen molar-refractivity contribution < 1.29 is 14.7 Å². The van der Waals surface area contributed by atoms with Gasteiger partial charge in [-0.1, -0.05) is 42.5 Å². The Labute approximate surface area is 200 Å². The molecule has 170 valence electrons.